The van der Waals surface area contributed by atoms with Gasteiger partial charge in [-0.25, -0.2) is 4.39 Å². The van der Waals surface area contributed by atoms with Gasteiger partial charge in [0.05, 0.1) is 11.0 Å². The van der Waals surface area contributed by atoms with Crippen molar-refractivity contribution >= 4 is 11.5 Å². The molecule has 2 aromatic rings. The molecule has 0 amide bonds. The molecule has 3 rings (SSSR count). The largest absolute Gasteiger partial charge is 0.317 e. The molecule has 0 aliphatic carbocycles. The molecule has 6 heteroatoms. The van der Waals surface area contributed by atoms with Crippen molar-refractivity contribution < 1.29 is 14.1 Å². The summed E-state index contributed by atoms with van der Waals surface area (Å²) in [6, 6.07) is 11.0. The first-order chi connectivity index (χ1) is 11.6. The first-order valence-corrected chi connectivity index (χ1v) is 7.84. The Balaban J connectivity index is 0.000000292. The number of benzene rings is 2. The van der Waals surface area contributed by atoms with Crippen LogP contribution in [0.15, 0.2) is 48.5 Å². The summed E-state index contributed by atoms with van der Waals surface area (Å²) in [6.07, 6.45) is 4.22. The van der Waals surface area contributed by atoms with Gasteiger partial charge in [0.15, 0.2) is 5.78 Å². The number of carbonyl (C=O) groups excluding carboxylic acids is 1. The number of carbonyl (C=O) groups is 1. The highest BCUT2D eigenvalue weighted by Crippen LogP contribution is 2.22. The van der Waals surface area contributed by atoms with Gasteiger partial charge in [-0.1, -0.05) is 36.8 Å². The molecule has 0 radical (unpaired) electrons. The second kappa shape index (κ2) is 8.88. The van der Waals surface area contributed by atoms with Crippen molar-refractivity contribution in [2.24, 2.45) is 0 Å². The molecule has 24 heavy (non-hydrogen) atoms. The first-order valence-electron chi connectivity index (χ1n) is 7.84. The predicted octanol–water partition coefficient (Wildman–Crippen LogP) is 3.72. The van der Waals surface area contributed by atoms with E-state index in [0.29, 0.717) is 5.56 Å². The molecule has 126 valence electrons. The van der Waals surface area contributed by atoms with Crippen LogP contribution in [0.4, 0.5) is 10.1 Å². The van der Waals surface area contributed by atoms with Gasteiger partial charge in [0.1, 0.15) is 11.4 Å². The Morgan fingerprint density at radius 3 is 2.21 bits per heavy atom. The van der Waals surface area contributed by atoms with Gasteiger partial charge < -0.3 is 5.32 Å². The molecule has 1 saturated heterocycles. The molecule has 1 heterocycles. The maximum Gasteiger partial charge on any atom is 0.283 e. The third-order valence-corrected chi connectivity index (χ3v) is 3.64. The summed E-state index contributed by atoms with van der Waals surface area (Å²) in [5, 5.41) is 14.1. The molecule has 0 unspecified atom stereocenters. The molecule has 1 fully saturated rings. The van der Waals surface area contributed by atoms with Gasteiger partial charge in [0, 0.05) is 5.56 Å². The van der Waals surface area contributed by atoms with E-state index < -0.39 is 22.2 Å². The molecular weight excluding hydrogens is 311 g/mol. The van der Waals surface area contributed by atoms with Crippen molar-refractivity contribution in [3.8, 4) is 0 Å². The summed E-state index contributed by atoms with van der Waals surface area (Å²) in [7, 11) is 0. The molecule has 1 aliphatic heterocycles. The molecule has 0 saturated carbocycles. The molecule has 1 N–H and O–H groups in total. The SMILES string of the molecule is C1CCNCC1.O=C(c1ccccc1)c1ccc(F)cc1[N+](=O)[O-]. The zero-order valence-corrected chi connectivity index (χ0v) is 13.2. The van der Waals surface area contributed by atoms with Crippen LogP contribution in [0.1, 0.15) is 35.2 Å². The molecule has 0 spiro atoms. The van der Waals surface area contributed by atoms with Crippen molar-refractivity contribution in [1.82, 2.24) is 5.32 Å². The highest BCUT2D eigenvalue weighted by Gasteiger charge is 2.21. The van der Waals surface area contributed by atoms with Crippen molar-refractivity contribution in [3.63, 3.8) is 0 Å². The quantitative estimate of drug-likeness (QED) is 0.529. The minimum atomic E-state index is -0.765. The van der Waals surface area contributed by atoms with Crippen LogP contribution in [0.25, 0.3) is 0 Å². The molecule has 2 aromatic carbocycles. The fourth-order valence-corrected chi connectivity index (χ4v) is 2.39. The van der Waals surface area contributed by atoms with Crippen molar-refractivity contribution in [1.29, 1.82) is 0 Å². The summed E-state index contributed by atoms with van der Waals surface area (Å²) in [4.78, 5) is 22.1. The van der Waals surface area contributed by atoms with Crippen LogP contribution < -0.4 is 5.32 Å². The number of hydrogen-bond acceptors (Lipinski definition) is 4. The Labute approximate surface area is 139 Å². The van der Waals surface area contributed by atoms with E-state index in [0.717, 1.165) is 18.2 Å². The summed E-state index contributed by atoms with van der Waals surface area (Å²) in [6.45, 7) is 2.50. The smallest absolute Gasteiger partial charge is 0.283 e. The van der Waals surface area contributed by atoms with Crippen LogP contribution in [0, 0.1) is 15.9 Å². The highest BCUT2D eigenvalue weighted by molar-refractivity contribution is 6.11. The fraction of sp³-hybridized carbons (Fsp3) is 0.278. The number of nitro groups is 1. The van der Waals surface area contributed by atoms with Crippen molar-refractivity contribution in [2.45, 2.75) is 19.3 Å². The molecule has 0 aromatic heterocycles. The van der Waals surface area contributed by atoms with Gasteiger partial charge in [-0.05, 0) is 38.1 Å². The Bertz CT molecular complexity index is 689. The van der Waals surface area contributed by atoms with Crippen LogP contribution >= 0.6 is 0 Å². The minimum Gasteiger partial charge on any atom is -0.317 e. The third kappa shape index (κ3) is 4.96. The zero-order valence-electron chi connectivity index (χ0n) is 13.2. The van der Waals surface area contributed by atoms with Gasteiger partial charge in [-0.2, -0.15) is 0 Å². The lowest BCUT2D eigenvalue weighted by atomic mass is 10.0. The van der Waals surface area contributed by atoms with Gasteiger partial charge in [-0.15, -0.1) is 0 Å². The Morgan fingerprint density at radius 2 is 1.71 bits per heavy atom. The lowest BCUT2D eigenvalue weighted by Crippen LogP contribution is -2.21. The standard InChI is InChI=1S/C13H8FNO3.C5H11N/c14-10-6-7-11(12(8-10)15(17)18)13(16)9-4-2-1-3-5-9;1-2-4-6-5-3-1/h1-8H;6H,1-5H2. The number of piperidine rings is 1. The Hall–Kier alpha value is -2.60. The first kappa shape index (κ1) is 17.7. The molecular formula is C18H19FN2O3. The van der Waals surface area contributed by atoms with E-state index in [1.807, 2.05) is 0 Å². The summed E-state index contributed by atoms with van der Waals surface area (Å²) < 4.78 is 13.0. The third-order valence-electron chi connectivity index (χ3n) is 3.64. The normalized spacial score (nSPS) is 13.5. The lowest BCUT2D eigenvalue weighted by molar-refractivity contribution is -0.385. The van der Waals surface area contributed by atoms with Crippen molar-refractivity contribution in [3.05, 3.63) is 75.6 Å². The van der Waals surface area contributed by atoms with Crippen molar-refractivity contribution in [2.75, 3.05) is 13.1 Å². The van der Waals surface area contributed by atoms with E-state index in [1.54, 1.807) is 30.3 Å². The molecule has 1 aliphatic rings. The number of ketones is 1. The number of hydrogen-bond donors (Lipinski definition) is 1. The van der Waals surface area contributed by atoms with Gasteiger partial charge in [0.2, 0.25) is 0 Å². The summed E-state index contributed by atoms with van der Waals surface area (Å²) in [5.74, 6) is -1.24. The minimum absolute atomic E-state index is 0.118. The number of nitrogens with one attached hydrogen (secondary N) is 1. The molecule has 0 atom stereocenters. The molecule has 5 nitrogen and oxygen atoms in total. The van der Waals surface area contributed by atoms with Gasteiger partial charge >= 0.3 is 0 Å². The van der Waals surface area contributed by atoms with E-state index in [1.165, 1.54) is 32.4 Å². The van der Waals surface area contributed by atoms with E-state index in [4.69, 9.17) is 0 Å². The van der Waals surface area contributed by atoms with E-state index in [2.05, 4.69) is 5.32 Å². The van der Waals surface area contributed by atoms with Crippen LogP contribution in [0.2, 0.25) is 0 Å². The fourth-order valence-electron chi connectivity index (χ4n) is 2.39. The summed E-state index contributed by atoms with van der Waals surface area (Å²) >= 11 is 0. The summed E-state index contributed by atoms with van der Waals surface area (Å²) in [5.41, 5.74) is -0.316. The maximum absolute atomic E-state index is 13.0. The van der Waals surface area contributed by atoms with Gasteiger partial charge in [0.25, 0.3) is 5.69 Å². The van der Waals surface area contributed by atoms with Gasteiger partial charge in [-0.3, -0.25) is 14.9 Å². The van der Waals surface area contributed by atoms with Crippen LogP contribution in [0.3, 0.4) is 0 Å². The highest BCUT2D eigenvalue weighted by atomic mass is 19.1. The topological polar surface area (TPSA) is 72.2 Å². The Morgan fingerprint density at radius 1 is 1.04 bits per heavy atom. The number of halogens is 1. The monoisotopic (exact) mass is 330 g/mol. The lowest BCUT2D eigenvalue weighted by Gasteiger charge is -2.08. The van der Waals surface area contributed by atoms with E-state index in [9.17, 15) is 19.3 Å². The number of nitro benzene ring substituents is 1. The number of rotatable bonds is 3. The average Bonchev–Trinajstić information content (AvgIpc) is 2.64. The number of nitrogens with zero attached hydrogens (tertiary/aromatic N) is 1. The maximum atomic E-state index is 13.0. The second-order valence-electron chi connectivity index (χ2n) is 5.42. The average molecular weight is 330 g/mol. The molecule has 0 bridgehead atoms. The van der Waals surface area contributed by atoms with E-state index in [-0.39, 0.29) is 5.56 Å². The van der Waals surface area contributed by atoms with E-state index >= 15 is 0 Å². The zero-order chi connectivity index (χ0) is 17.4. The predicted molar refractivity (Wildman–Crippen MR) is 89.6 cm³/mol. The second-order valence-corrected chi connectivity index (χ2v) is 5.42. The van der Waals surface area contributed by atoms with Crippen LogP contribution in [-0.4, -0.2) is 23.8 Å². The van der Waals surface area contributed by atoms with Crippen LogP contribution in [-0.2, 0) is 0 Å². The van der Waals surface area contributed by atoms with Crippen LogP contribution in [0.5, 0.6) is 0 Å². The Kier molecular flexibility index (Phi) is 6.57.